The topological polar surface area (TPSA) is 36.4 Å². The molecule has 0 N–H and O–H groups in total. The van der Waals surface area contributed by atoms with Gasteiger partial charge in [0.15, 0.2) is 0 Å². The van der Waals surface area contributed by atoms with Crippen LogP contribution in [0.1, 0.15) is 36.6 Å². The normalized spacial score (nSPS) is 19.0. The van der Waals surface area contributed by atoms with Gasteiger partial charge in [-0.15, -0.1) is 0 Å². The molecule has 1 saturated heterocycles. The first-order valence-corrected chi connectivity index (χ1v) is 9.13. The molecule has 1 atom stereocenters. The average Bonchev–Trinajstić information content (AvgIpc) is 2.78. The molecule has 4 nitrogen and oxygen atoms in total. The number of carbonyl (C=O) groups excluding carboxylic acids is 1. The molecule has 1 fully saturated rings. The first-order chi connectivity index (χ1) is 12.2. The third-order valence-electron chi connectivity index (χ3n) is 5.03. The van der Waals surface area contributed by atoms with E-state index in [2.05, 4.69) is 46.8 Å². The van der Waals surface area contributed by atoms with Gasteiger partial charge in [0.1, 0.15) is 0 Å². The minimum atomic E-state index is 0.249. The summed E-state index contributed by atoms with van der Waals surface area (Å²) in [6.45, 7) is 7.50. The Kier molecular flexibility index (Phi) is 5.82. The first-order valence-electron chi connectivity index (χ1n) is 9.13. The molecule has 2 heterocycles. The van der Waals surface area contributed by atoms with Crippen LogP contribution in [0.5, 0.6) is 0 Å². The van der Waals surface area contributed by atoms with Gasteiger partial charge >= 0.3 is 0 Å². The molecule has 1 aliphatic rings. The van der Waals surface area contributed by atoms with Crippen molar-refractivity contribution in [3.8, 4) is 0 Å². The van der Waals surface area contributed by atoms with Crippen molar-refractivity contribution in [3.63, 3.8) is 0 Å². The number of benzene rings is 1. The molecule has 0 bridgehead atoms. The Morgan fingerprint density at radius 1 is 1.12 bits per heavy atom. The molecule has 0 saturated carbocycles. The zero-order valence-corrected chi connectivity index (χ0v) is 15.2. The molecule has 132 valence electrons. The summed E-state index contributed by atoms with van der Waals surface area (Å²) in [5, 5.41) is 0. The number of aryl methyl sites for hydroxylation is 1. The van der Waals surface area contributed by atoms with Crippen LogP contribution in [-0.2, 0) is 17.9 Å². The van der Waals surface area contributed by atoms with Gasteiger partial charge in [-0.2, -0.15) is 0 Å². The quantitative estimate of drug-likeness (QED) is 0.839. The number of carbonyl (C=O) groups is 1. The van der Waals surface area contributed by atoms with Gasteiger partial charge in [0.2, 0.25) is 5.91 Å². The summed E-state index contributed by atoms with van der Waals surface area (Å²) in [6, 6.07) is 14.6. The number of aromatic nitrogens is 1. The van der Waals surface area contributed by atoms with Gasteiger partial charge in [0, 0.05) is 44.8 Å². The van der Waals surface area contributed by atoms with E-state index in [4.69, 9.17) is 0 Å². The Labute approximate surface area is 150 Å². The van der Waals surface area contributed by atoms with E-state index in [9.17, 15) is 4.79 Å². The Balaban J connectivity index is 1.73. The molecule has 0 aliphatic carbocycles. The third kappa shape index (κ3) is 4.45. The lowest BCUT2D eigenvalue weighted by Gasteiger charge is -2.31. The molecular weight excluding hydrogens is 310 g/mol. The van der Waals surface area contributed by atoms with Gasteiger partial charge in [-0.1, -0.05) is 43.3 Å². The van der Waals surface area contributed by atoms with Crippen LogP contribution >= 0.6 is 0 Å². The molecule has 1 amide bonds. The molecule has 3 rings (SSSR count). The second kappa shape index (κ2) is 8.26. The summed E-state index contributed by atoms with van der Waals surface area (Å²) in [5.74, 6) is 0.260. The maximum absolute atomic E-state index is 12.7. The van der Waals surface area contributed by atoms with E-state index < -0.39 is 0 Å². The van der Waals surface area contributed by atoms with E-state index >= 15 is 0 Å². The number of rotatable bonds is 5. The fourth-order valence-electron chi connectivity index (χ4n) is 3.48. The lowest BCUT2D eigenvalue weighted by atomic mass is 10.1. The number of amides is 1. The molecule has 0 spiro atoms. The van der Waals surface area contributed by atoms with Crippen molar-refractivity contribution < 1.29 is 4.79 Å². The predicted molar refractivity (Wildman–Crippen MR) is 99.9 cm³/mol. The van der Waals surface area contributed by atoms with Crippen LogP contribution < -0.4 is 0 Å². The van der Waals surface area contributed by atoms with Crippen LogP contribution in [0.2, 0.25) is 0 Å². The van der Waals surface area contributed by atoms with E-state index in [1.165, 1.54) is 11.1 Å². The van der Waals surface area contributed by atoms with Gasteiger partial charge in [-0.05, 0) is 30.5 Å². The molecule has 1 aromatic heterocycles. The maximum atomic E-state index is 12.7. The van der Waals surface area contributed by atoms with Crippen LogP contribution in [0.25, 0.3) is 0 Å². The van der Waals surface area contributed by atoms with Crippen molar-refractivity contribution in [2.45, 2.75) is 45.8 Å². The lowest BCUT2D eigenvalue weighted by molar-refractivity contribution is -0.133. The molecule has 0 radical (unpaired) electrons. The van der Waals surface area contributed by atoms with Crippen molar-refractivity contribution in [1.82, 2.24) is 14.8 Å². The van der Waals surface area contributed by atoms with Gasteiger partial charge in [-0.3, -0.25) is 14.7 Å². The van der Waals surface area contributed by atoms with Crippen LogP contribution in [-0.4, -0.2) is 39.8 Å². The summed E-state index contributed by atoms with van der Waals surface area (Å²) < 4.78 is 0. The van der Waals surface area contributed by atoms with Crippen LogP contribution in [0.15, 0.2) is 48.7 Å². The van der Waals surface area contributed by atoms with E-state index in [0.717, 1.165) is 31.7 Å². The van der Waals surface area contributed by atoms with E-state index in [-0.39, 0.29) is 11.9 Å². The fraction of sp³-hybridized carbons (Fsp3) is 0.429. The van der Waals surface area contributed by atoms with Gasteiger partial charge in [0.25, 0.3) is 0 Å². The van der Waals surface area contributed by atoms with Crippen LogP contribution in [0, 0.1) is 6.92 Å². The highest BCUT2D eigenvalue weighted by atomic mass is 16.2. The molecule has 25 heavy (non-hydrogen) atoms. The second-order valence-electron chi connectivity index (χ2n) is 6.82. The maximum Gasteiger partial charge on any atom is 0.224 e. The summed E-state index contributed by atoms with van der Waals surface area (Å²) in [5.41, 5.74) is 3.52. The highest BCUT2D eigenvalue weighted by Crippen LogP contribution is 2.19. The molecule has 1 aromatic carbocycles. The zero-order valence-electron chi connectivity index (χ0n) is 15.2. The Bertz CT molecular complexity index is 701. The predicted octanol–water partition coefficient (Wildman–Crippen LogP) is 3.40. The Morgan fingerprint density at radius 3 is 2.64 bits per heavy atom. The van der Waals surface area contributed by atoms with Gasteiger partial charge < -0.3 is 4.90 Å². The lowest BCUT2D eigenvalue weighted by Crippen LogP contribution is -2.42. The van der Waals surface area contributed by atoms with E-state index in [0.29, 0.717) is 13.0 Å². The smallest absolute Gasteiger partial charge is 0.224 e. The van der Waals surface area contributed by atoms with Crippen LogP contribution in [0.3, 0.4) is 0 Å². The average molecular weight is 337 g/mol. The first kappa shape index (κ1) is 17.6. The van der Waals surface area contributed by atoms with Crippen molar-refractivity contribution >= 4 is 5.91 Å². The van der Waals surface area contributed by atoms with Crippen molar-refractivity contribution in [3.05, 3.63) is 65.5 Å². The molecule has 1 aliphatic heterocycles. The minimum Gasteiger partial charge on any atom is -0.334 e. The number of hydrogen-bond donors (Lipinski definition) is 0. The third-order valence-corrected chi connectivity index (χ3v) is 5.03. The minimum absolute atomic E-state index is 0.249. The van der Waals surface area contributed by atoms with Crippen molar-refractivity contribution in [1.29, 1.82) is 0 Å². The monoisotopic (exact) mass is 337 g/mol. The Hall–Kier alpha value is -2.20. The van der Waals surface area contributed by atoms with Gasteiger partial charge in [-0.25, -0.2) is 0 Å². The van der Waals surface area contributed by atoms with E-state index in [1.807, 2.05) is 30.5 Å². The summed E-state index contributed by atoms with van der Waals surface area (Å²) in [7, 11) is 0. The fourth-order valence-corrected chi connectivity index (χ4v) is 3.48. The standard InChI is InChI=1S/C21H27N3O/c1-3-19-15-23(16-20-17(2)8-7-12-22-20)13-11-21(25)24(19)14-18-9-5-4-6-10-18/h4-10,12,19H,3,11,13-16H2,1-2H3. The number of nitrogens with zero attached hydrogens (tertiary/aromatic N) is 3. The summed E-state index contributed by atoms with van der Waals surface area (Å²) in [6.07, 6.45) is 3.40. The van der Waals surface area contributed by atoms with Crippen molar-refractivity contribution in [2.24, 2.45) is 0 Å². The Morgan fingerprint density at radius 2 is 1.92 bits per heavy atom. The number of pyridine rings is 1. The number of hydrogen-bond acceptors (Lipinski definition) is 3. The highest BCUT2D eigenvalue weighted by molar-refractivity contribution is 5.77. The summed E-state index contributed by atoms with van der Waals surface area (Å²) >= 11 is 0. The molecular formula is C21H27N3O. The SMILES string of the molecule is CCC1CN(Cc2ncccc2C)CCC(=O)N1Cc1ccccc1. The summed E-state index contributed by atoms with van der Waals surface area (Å²) in [4.78, 5) is 21.7. The van der Waals surface area contributed by atoms with Crippen LogP contribution in [0.4, 0.5) is 0 Å². The van der Waals surface area contributed by atoms with Crippen molar-refractivity contribution in [2.75, 3.05) is 13.1 Å². The highest BCUT2D eigenvalue weighted by Gasteiger charge is 2.28. The van der Waals surface area contributed by atoms with Gasteiger partial charge in [0.05, 0.1) is 5.69 Å². The second-order valence-corrected chi connectivity index (χ2v) is 6.82. The molecule has 4 heteroatoms. The molecule has 2 aromatic rings. The molecule has 1 unspecified atom stereocenters. The zero-order chi connectivity index (χ0) is 17.6. The van der Waals surface area contributed by atoms with E-state index in [1.54, 1.807) is 0 Å². The largest absolute Gasteiger partial charge is 0.334 e.